The highest BCUT2D eigenvalue weighted by molar-refractivity contribution is 6.30. The number of amides is 1. The van der Waals surface area contributed by atoms with Crippen molar-refractivity contribution in [2.75, 3.05) is 6.54 Å². The van der Waals surface area contributed by atoms with Gasteiger partial charge in [0.05, 0.1) is 16.9 Å². The summed E-state index contributed by atoms with van der Waals surface area (Å²) in [6.45, 7) is 6.48. The van der Waals surface area contributed by atoms with Crippen LogP contribution < -0.4 is 5.32 Å². The quantitative estimate of drug-likeness (QED) is 0.513. The molecule has 1 amide bonds. The molecule has 1 aromatic heterocycles. The first-order valence-corrected chi connectivity index (χ1v) is 9.87. The maximum absolute atomic E-state index is 14.6. The number of nitrogens with one attached hydrogen (secondary N) is 1. The molecular formula is C23H23ClF2N2O. The second kappa shape index (κ2) is 8.78. The molecular weight excluding hydrogens is 394 g/mol. The monoisotopic (exact) mass is 416 g/mol. The SMILES string of the molecule is Cc1c(C(=O)NCCC(C)C)cc(-c2ccc(Cl)cc2)n1-c1ccc(F)cc1F. The van der Waals surface area contributed by atoms with Crippen molar-refractivity contribution in [3.63, 3.8) is 0 Å². The Balaban J connectivity index is 2.10. The van der Waals surface area contributed by atoms with Gasteiger partial charge >= 0.3 is 0 Å². The van der Waals surface area contributed by atoms with Crippen molar-refractivity contribution in [3.05, 3.63) is 76.4 Å². The van der Waals surface area contributed by atoms with Crippen molar-refractivity contribution in [1.29, 1.82) is 0 Å². The molecule has 0 bridgehead atoms. The summed E-state index contributed by atoms with van der Waals surface area (Å²) in [5.41, 5.74) is 2.58. The molecule has 2 aromatic carbocycles. The van der Waals surface area contributed by atoms with Crippen LogP contribution in [0.1, 0.15) is 36.3 Å². The lowest BCUT2D eigenvalue weighted by molar-refractivity contribution is 0.0951. The molecule has 0 aliphatic rings. The van der Waals surface area contributed by atoms with E-state index in [-0.39, 0.29) is 11.6 Å². The molecule has 0 saturated heterocycles. The summed E-state index contributed by atoms with van der Waals surface area (Å²) in [4.78, 5) is 12.8. The number of carbonyl (C=O) groups excluding carboxylic acids is 1. The van der Waals surface area contributed by atoms with Crippen LogP contribution in [0.4, 0.5) is 8.78 Å². The molecule has 3 rings (SSSR count). The van der Waals surface area contributed by atoms with Gasteiger partial charge in [-0.05, 0) is 55.2 Å². The first-order valence-electron chi connectivity index (χ1n) is 9.50. The number of hydrogen-bond donors (Lipinski definition) is 1. The fraction of sp³-hybridized carbons (Fsp3) is 0.261. The van der Waals surface area contributed by atoms with Gasteiger partial charge in [-0.2, -0.15) is 0 Å². The predicted octanol–water partition coefficient (Wildman–Crippen LogP) is 6.16. The fourth-order valence-electron chi connectivity index (χ4n) is 3.21. The van der Waals surface area contributed by atoms with E-state index in [1.165, 1.54) is 12.1 Å². The van der Waals surface area contributed by atoms with Crippen LogP contribution in [0.25, 0.3) is 16.9 Å². The topological polar surface area (TPSA) is 34.0 Å². The first-order chi connectivity index (χ1) is 13.8. The van der Waals surface area contributed by atoms with Crippen LogP contribution in [-0.2, 0) is 0 Å². The second-order valence-corrected chi connectivity index (χ2v) is 7.84. The van der Waals surface area contributed by atoms with Crippen LogP contribution in [0.2, 0.25) is 5.02 Å². The van der Waals surface area contributed by atoms with Crippen LogP contribution >= 0.6 is 11.6 Å². The first kappa shape index (κ1) is 21.1. The highest BCUT2D eigenvalue weighted by atomic mass is 35.5. The summed E-state index contributed by atoms with van der Waals surface area (Å²) in [5.74, 6) is -1.11. The Morgan fingerprint density at radius 2 is 1.79 bits per heavy atom. The standard InChI is InChI=1S/C23H23ClF2N2O/c1-14(2)10-11-27-23(29)19-13-22(16-4-6-17(24)7-5-16)28(15(19)3)21-9-8-18(25)12-20(21)26/h4-9,12-14H,10-11H2,1-3H3,(H,27,29). The van der Waals surface area contributed by atoms with E-state index in [0.29, 0.717) is 34.4 Å². The van der Waals surface area contributed by atoms with Gasteiger partial charge in [-0.1, -0.05) is 37.6 Å². The van der Waals surface area contributed by atoms with Crippen LogP contribution in [-0.4, -0.2) is 17.0 Å². The molecule has 0 atom stereocenters. The number of halogens is 3. The molecule has 1 N–H and O–H groups in total. The number of benzene rings is 2. The van der Waals surface area contributed by atoms with E-state index in [1.54, 1.807) is 41.8 Å². The van der Waals surface area contributed by atoms with Crippen molar-refractivity contribution in [3.8, 4) is 16.9 Å². The van der Waals surface area contributed by atoms with Crippen molar-refractivity contribution >= 4 is 17.5 Å². The third kappa shape index (κ3) is 4.67. The van der Waals surface area contributed by atoms with Gasteiger partial charge in [0, 0.05) is 23.3 Å². The molecule has 1 heterocycles. The van der Waals surface area contributed by atoms with E-state index in [9.17, 15) is 13.6 Å². The Kier molecular flexibility index (Phi) is 6.38. The summed E-state index contributed by atoms with van der Waals surface area (Å²) >= 11 is 6.00. The number of nitrogens with zero attached hydrogens (tertiary/aromatic N) is 1. The molecule has 0 fully saturated rings. The highest BCUT2D eigenvalue weighted by Gasteiger charge is 2.21. The molecule has 6 heteroatoms. The lowest BCUT2D eigenvalue weighted by Crippen LogP contribution is -2.25. The Morgan fingerprint density at radius 1 is 1.10 bits per heavy atom. The van der Waals surface area contributed by atoms with E-state index >= 15 is 0 Å². The van der Waals surface area contributed by atoms with Crippen LogP contribution in [0.5, 0.6) is 0 Å². The number of rotatable bonds is 6. The van der Waals surface area contributed by atoms with Gasteiger partial charge in [-0.3, -0.25) is 4.79 Å². The largest absolute Gasteiger partial charge is 0.352 e. The van der Waals surface area contributed by atoms with Gasteiger partial charge in [0.15, 0.2) is 0 Å². The van der Waals surface area contributed by atoms with Gasteiger partial charge < -0.3 is 9.88 Å². The zero-order valence-electron chi connectivity index (χ0n) is 16.6. The molecule has 0 unspecified atom stereocenters. The van der Waals surface area contributed by atoms with Crippen molar-refractivity contribution in [2.45, 2.75) is 27.2 Å². The highest BCUT2D eigenvalue weighted by Crippen LogP contribution is 2.31. The normalized spacial score (nSPS) is 11.1. The lowest BCUT2D eigenvalue weighted by Gasteiger charge is -2.13. The molecule has 0 aliphatic heterocycles. The van der Waals surface area contributed by atoms with Crippen molar-refractivity contribution < 1.29 is 13.6 Å². The molecule has 152 valence electrons. The van der Waals surface area contributed by atoms with Gasteiger partial charge in [0.2, 0.25) is 0 Å². The summed E-state index contributed by atoms with van der Waals surface area (Å²) in [6.07, 6.45) is 0.863. The van der Waals surface area contributed by atoms with Gasteiger partial charge in [-0.25, -0.2) is 8.78 Å². The van der Waals surface area contributed by atoms with Crippen LogP contribution in [0, 0.1) is 24.5 Å². The maximum atomic E-state index is 14.6. The molecule has 0 radical (unpaired) electrons. The van der Waals surface area contributed by atoms with E-state index < -0.39 is 11.6 Å². The van der Waals surface area contributed by atoms with Crippen LogP contribution in [0.3, 0.4) is 0 Å². The molecule has 3 nitrogen and oxygen atoms in total. The Labute approximate surface area is 174 Å². The smallest absolute Gasteiger partial charge is 0.253 e. The summed E-state index contributed by atoms with van der Waals surface area (Å²) < 4.78 is 29.7. The predicted molar refractivity (Wildman–Crippen MR) is 113 cm³/mol. The molecule has 0 spiro atoms. The summed E-state index contributed by atoms with van der Waals surface area (Å²) in [5, 5.41) is 3.49. The Morgan fingerprint density at radius 3 is 2.41 bits per heavy atom. The van der Waals surface area contributed by atoms with Gasteiger partial charge in [0.1, 0.15) is 11.6 Å². The van der Waals surface area contributed by atoms with Crippen molar-refractivity contribution in [2.24, 2.45) is 5.92 Å². The molecule has 0 saturated carbocycles. The van der Waals surface area contributed by atoms with E-state index in [2.05, 4.69) is 19.2 Å². The summed E-state index contributed by atoms with van der Waals surface area (Å²) in [6, 6.07) is 12.2. The number of carbonyl (C=O) groups is 1. The minimum atomic E-state index is -0.703. The summed E-state index contributed by atoms with van der Waals surface area (Å²) in [7, 11) is 0. The Hall–Kier alpha value is -2.66. The Bertz CT molecular complexity index is 1030. The van der Waals surface area contributed by atoms with E-state index in [0.717, 1.165) is 18.1 Å². The van der Waals surface area contributed by atoms with Gasteiger partial charge in [-0.15, -0.1) is 0 Å². The zero-order valence-corrected chi connectivity index (χ0v) is 17.4. The lowest BCUT2D eigenvalue weighted by atomic mass is 10.1. The second-order valence-electron chi connectivity index (χ2n) is 7.41. The molecule has 0 aliphatic carbocycles. The van der Waals surface area contributed by atoms with E-state index in [1.807, 2.05) is 0 Å². The average molecular weight is 417 g/mol. The number of aromatic nitrogens is 1. The van der Waals surface area contributed by atoms with E-state index in [4.69, 9.17) is 11.6 Å². The zero-order chi connectivity index (χ0) is 21.1. The number of hydrogen-bond acceptors (Lipinski definition) is 1. The molecule has 29 heavy (non-hydrogen) atoms. The maximum Gasteiger partial charge on any atom is 0.253 e. The van der Waals surface area contributed by atoms with Gasteiger partial charge in [0.25, 0.3) is 5.91 Å². The minimum absolute atomic E-state index is 0.176. The third-order valence-corrected chi connectivity index (χ3v) is 5.04. The van der Waals surface area contributed by atoms with Crippen molar-refractivity contribution in [1.82, 2.24) is 9.88 Å². The minimum Gasteiger partial charge on any atom is -0.352 e. The van der Waals surface area contributed by atoms with Crippen LogP contribution in [0.15, 0.2) is 48.5 Å². The third-order valence-electron chi connectivity index (χ3n) is 4.79. The molecule has 3 aromatic rings. The average Bonchev–Trinajstić information content (AvgIpc) is 2.99. The fourth-order valence-corrected chi connectivity index (χ4v) is 3.34.